The number of hydrogen-bond donors (Lipinski definition) is 2. The fourth-order valence-corrected chi connectivity index (χ4v) is 6.72. The van der Waals surface area contributed by atoms with Gasteiger partial charge in [-0.3, -0.25) is 24.7 Å². The molecular weight excluding hydrogens is 558 g/mol. The Kier molecular flexibility index (Phi) is 8.16. The smallest absolute Gasteiger partial charge is 0.268 e. The lowest BCUT2D eigenvalue weighted by atomic mass is 10.2. The molecule has 11 nitrogen and oxygen atoms in total. The van der Waals surface area contributed by atoms with Crippen molar-refractivity contribution in [3.05, 3.63) is 83.7 Å². The number of nitrogens with zero attached hydrogens (tertiary/aromatic N) is 3. The Hall–Kier alpha value is -4.84. The standard InChI is InChI=1S/C30H31N5O6S/c1-4-27-31-22-10-6-8-12-24(22)34(27)19-29(37)33-32-28(36)14-13-20-17-25(40-2)30(41-3)26(18-20)42(38,39)35-16-15-21-9-5-7-11-23(21)35/h5-14,17-18H,4,15-16,19H2,1-3H3,(H,32,36)(H,33,37). The van der Waals surface area contributed by atoms with Crippen molar-refractivity contribution in [1.29, 1.82) is 0 Å². The van der Waals surface area contributed by atoms with Gasteiger partial charge in [-0.2, -0.15) is 0 Å². The summed E-state index contributed by atoms with van der Waals surface area (Å²) < 4.78 is 41.6. The number of ether oxygens (including phenoxy) is 2. The first-order valence-electron chi connectivity index (χ1n) is 13.3. The van der Waals surface area contributed by atoms with E-state index in [1.54, 1.807) is 22.8 Å². The predicted octanol–water partition coefficient (Wildman–Crippen LogP) is 3.23. The van der Waals surface area contributed by atoms with Crippen LogP contribution < -0.4 is 24.6 Å². The van der Waals surface area contributed by atoms with E-state index < -0.39 is 21.8 Å². The average molecular weight is 590 g/mol. The minimum Gasteiger partial charge on any atom is -0.493 e. The minimum atomic E-state index is -4.03. The molecule has 42 heavy (non-hydrogen) atoms. The summed E-state index contributed by atoms with van der Waals surface area (Å²) in [5.41, 5.74) is 8.33. The molecule has 4 aromatic rings. The number of aryl methyl sites for hydroxylation is 1. The van der Waals surface area contributed by atoms with Gasteiger partial charge in [0.05, 0.1) is 30.9 Å². The molecule has 5 rings (SSSR count). The zero-order valence-electron chi connectivity index (χ0n) is 23.5. The fraction of sp³-hybridized carbons (Fsp3) is 0.233. The van der Waals surface area contributed by atoms with Gasteiger partial charge in [-0.05, 0) is 54.0 Å². The van der Waals surface area contributed by atoms with E-state index in [0.717, 1.165) is 22.4 Å². The van der Waals surface area contributed by atoms with E-state index in [2.05, 4.69) is 15.8 Å². The van der Waals surface area contributed by atoms with Gasteiger partial charge in [0.25, 0.3) is 21.8 Å². The number of imidazole rings is 1. The Bertz CT molecular complexity index is 1800. The van der Waals surface area contributed by atoms with Gasteiger partial charge in [-0.15, -0.1) is 0 Å². The van der Waals surface area contributed by atoms with Gasteiger partial charge in [-0.25, -0.2) is 13.4 Å². The molecule has 0 saturated heterocycles. The maximum absolute atomic E-state index is 13.8. The summed E-state index contributed by atoms with van der Waals surface area (Å²) in [5.74, 6) is -0.0238. The number of fused-ring (bicyclic) bond motifs is 2. The molecule has 12 heteroatoms. The summed E-state index contributed by atoms with van der Waals surface area (Å²) in [6.07, 6.45) is 3.85. The second-order valence-electron chi connectivity index (χ2n) is 9.54. The number of methoxy groups -OCH3 is 2. The molecule has 0 fully saturated rings. The molecule has 1 aromatic heterocycles. The van der Waals surface area contributed by atoms with Crippen molar-refractivity contribution in [3.8, 4) is 11.5 Å². The summed E-state index contributed by atoms with van der Waals surface area (Å²) in [6.45, 7) is 2.23. The van der Waals surface area contributed by atoms with E-state index in [9.17, 15) is 18.0 Å². The van der Waals surface area contributed by atoms with Gasteiger partial charge < -0.3 is 14.0 Å². The Labute approximate surface area is 243 Å². The Morgan fingerprint density at radius 1 is 1.02 bits per heavy atom. The Morgan fingerprint density at radius 3 is 2.55 bits per heavy atom. The number of rotatable bonds is 9. The molecule has 2 heterocycles. The maximum Gasteiger partial charge on any atom is 0.268 e. The van der Waals surface area contributed by atoms with Crippen molar-refractivity contribution in [3.63, 3.8) is 0 Å². The number of sulfonamides is 1. The van der Waals surface area contributed by atoms with Crippen LogP contribution in [0.25, 0.3) is 17.1 Å². The van der Waals surface area contributed by atoms with Crippen LogP contribution in [0.2, 0.25) is 0 Å². The third-order valence-corrected chi connectivity index (χ3v) is 8.80. The molecule has 0 aliphatic carbocycles. The molecule has 0 spiro atoms. The van der Waals surface area contributed by atoms with E-state index in [4.69, 9.17) is 9.47 Å². The van der Waals surface area contributed by atoms with Crippen molar-refractivity contribution >= 4 is 44.6 Å². The van der Waals surface area contributed by atoms with Gasteiger partial charge in [0, 0.05) is 19.0 Å². The van der Waals surface area contributed by atoms with Crippen LogP contribution in [0.1, 0.15) is 23.9 Å². The number of nitrogens with one attached hydrogen (secondary N) is 2. The lowest BCUT2D eigenvalue weighted by Crippen LogP contribution is -2.42. The van der Waals surface area contributed by atoms with Crippen LogP contribution >= 0.6 is 0 Å². The summed E-state index contributed by atoms with van der Waals surface area (Å²) in [5, 5.41) is 0. The van der Waals surface area contributed by atoms with Crippen LogP contribution in [0.4, 0.5) is 5.69 Å². The monoisotopic (exact) mass is 589 g/mol. The first kappa shape index (κ1) is 28.7. The summed E-state index contributed by atoms with van der Waals surface area (Å²) in [6, 6.07) is 17.9. The Balaban J connectivity index is 1.32. The van der Waals surface area contributed by atoms with Gasteiger partial charge in [0.1, 0.15) is 17.3 Å². The van der Waals surface area contributed by atoms with Gasteiger partial charge in [0.15, 0.2) is 11.5 Å². The average Bonchev–Trinajstić information content (AvgIpc) is 3.60. The zero-order valence-corrected chi connectivity index (χ0v) is 24.3. The van der Waals surface area contributed by atoms with E-state index in [-0.39, 0.29) is 22.9 Å². The SMILES string of the molecule is CCc1nc2ccccc2n1CC(=O)NNC(=O)C=Cc1cc(OC)c(OC)c(S(=O)(=O)N2CCc3ccccc32)c1. The molecule has 0 radical (unpaired) electrons. The number of anilines is 1. The summed E-state index contributed by atoms with van der Waals surface area (Å²) in [4.78, 5) is 29.6. The van der Waals surface area contributed by atoms with Crippen LogP contribution in [0.3, 0.4) is 0 Å². The highest BCUT2D eigenvalue weighted by molar-refractivity contribution is 7.93. The Morgan fingerprint density at radius 2 is 1.79 bits per heavy atom. The molecule has 218 valence electrons. The lowest BCUT2D eigenvalue weighted by Gasteiger charge is -2.22. The highest BCUT2D eigenvalue weighted by atomic mass is 32.2. The van der Waals surface area contributed by atoms with E-state index in [1.165, 1.54) is 36.7 Å². The molecule has 2 N–H and O–H groups in total. The van der Waals surface area contributed by atoms with E-state index >= 15 is 0 Å². The van der Waals surface area contributed by atoms with E-state index in [1.807, 2.05) is 43.3 Å². The van der Waals surface area contributed by atoms with Gasteiger partial charge in [-0.1, -0.05) is 37.3 Å². The van der Waals surface area contributed by atoms with Crippen LogP contribution in [-0.2, 0) is 39.0 Å². The molecule has 1 aliphatic rings. The number of amides is 2. The third kappa shape index (κ3) is 5.53. The number of benzene rings is 3. The molecule has 0 saturated carbocycles. The normalized spacial score (nSPS) is 12.9. The van der Waals surface area contributed by atoms with E-state index in [0.29, 0.717) is 30.6 Å². The fourth-order valence-electron chi connectivity index (χ4n) is 5.01. The molecule has 2 amide bonds. The van der Waals surface area contributed by atoms with Crippen molar-refractivity contribution in [2.45, 2.75) is 31.2 Å². The number of carbonyl (C=O) groups excluding carboxylic acids is 2. The number of para-hydroxylation sites is 3. The van der Waals surface area contributed by atoms with Crippen molar-refractivity contribution in [1.82, 2.24) is 20.4 Å². The zero-order chi connectivity index (χ0) is 29.9. The van der Waals surface area contributed by atoms with Crippen LogP contribution in [-0.4, -0.2) is 50.5 Å². The second kappa shape index (κ2) is 12.0. The topological polar surface area (TPSA) is 132 Å². The van der Waals surface area contributed by atoms with Gasteiger partial charge >= 0.3 is 0 Å². The summed E-state index contributed by atoms with van der Waals surface area (Å²) >= 11 is 0. The van der Waals surface area contributed by atoms with Crippen molar-refractivity contribution in [2.24, 2.45) is 0 Å². The van der Waals surface area contributed by atoms with Crippen molar-refractivity contribution in [2.75, 3.05) is 25.1 Å². The van der Waals surface area contributed by atoms with Crippen LogP contribution in [0, 0.1) is 0 Å². The van der Waals surface area contributed by atoms with Gasteiger partial charge in [0.2, 0.25) is 0 Å². The quantitative estimate of drug-likeness (QED) is 0.226. The second-order valence-corrected chi connectivity index (χ2v) is 11.4. The largest absolute Gasteiger partial charge is 0.493 e. The minimum absolute atomic E-state index is 0.0236. The molecule has 0 bridgehead atoms. The lowest BCUT2D eigenvalue weighted by molar-refractivity contribution is -0.127. The highest BCUT2D eigenvalue weighted by Crippen LogP contribution is 2.40. The number of hydrazine groups is 1. The molecule has 3 aromatic carbocycles. The van der Waals surface area contributed by atoms with Crippen LogP contribution in [0.15, 0.2) is 71.6 Å². The number of carbonyl (C=O) groups is 2. The highest BCUT2D eigenvalue weighted by Gasteiger charge is 2.34. The first-order valence-corrected chi connectivity index (χ1v) is 14.8. The van der Waals surface area contributed by atoms with Crippen molar-refractivity contribution < 1.29 is 27.5 Å². The molecule has 0 unspecified atom stereocenters. The first-order chi connectivity index (χ1) is 20.3. The number of aromatic nitrogens is 2. The predicted molar refractivity (Wildman–Crippen MR) is 159 cm³/mol. The molecule has 0 atom stereocenters. The van der Waals surface area contributed by atoms with Crippen LogP contribution in [0.5, 0.6) is 11.5 Å². The molecular formula is C30H31N5O6S. The maximum atomic E-state index is 13.8. The summed E-state index contributed by atoms with van der Waals surface area (Å²) in [7, 11) is -1.25. The number of hydrogen-bond acceptors (Lipinski definition) is 7. The third-order valence-electron chi connectivity index (χ3n) is 6.98. The molecule has 1 aliphatic heterocycles.